The Morgan fingerprint density at radius 1 is 1.13 bits per heavy atom. The summed E-state index contributed by atoms with van der Waals surface area (Å²) in [5.74, 6) is 0.923. The number of benzene rings is 2. The smallest absolute Gasteiger partial charge is 0.229 e. The highest BCUT2D eigenvalue weighted by atomic mass is 16.5. The summed E-state index contributed by atoms with van der Waals surface area (Å²) in [5.41, 5.74) is 1.33. The molecule has 2 heterocycles. The lowest BCUT2D eigenvalue weighted by Gasteiger charge is -2.16. The maximum absolute atomic E-state index is 12.9. The van der Waals surface area contributed by atoms with E-state index in [1.165, 1.54) is 21.3 Å². The monoisotopic (exact) mass is 410 g/mol. The molecule has 2 aromatic carbocycles. The van der Waals surface area contributed by atoms with Gasteiger partial charge in [-0.25, -0.2) is 0 Å². The van der Waals surface area contributed by atoms with Crippen molar-refractivity contribution < 1.29 is 23.8 Å². The zero-order chi connectivity index (χ0) is 21.3. The van der Waals surface area contributed by atoms with Gasteiger partial charge in [-0.1, -0.05) is 12.1 Å². The molecule has 1 aliphatic heterocycles. The van der Waals surface area contributed by atoms with Gasteiger partial charge in [0.05, 0.1) is 32.8 Å². The molecule has 2 amide bonds. The fourth-order valence-corrected chi connectivity index (χ4v) is 3.64. The number of carbonyl (C=O) groups is 2. The van der Waals surface area contributed by atoms with Crippen molar-refractivity contribution >= 4 is 34.2 Å². The molecule has 1 fully saturated rings. The van der Waals surface area contributed by atoms with Crippen molar-refractivity contribution in [1.82, 2.24) is 10.2 Å². The SMILES string of the molecule is COc1cc(NC(=O)[C@@H]2CC(=O)N(c3n[nH]c4ccccc34)C2)cc(OC)c1OC. The number of nitrogens with one attached hydrogen (secondary N) is 2. The molecular formula is C21H22N4O5. The molecule has 1 atom stereocenters. The minimum absolute atomic E-state index is 0.109. The van der Waals surface area contributed by atoms with Crippen LogP contribution in [0.15, 0.2) is 36.4 Å². The van der Waals surface area contributed by atoms with E-state index in [1.54, 1.807) is 17.0 Å². The third kappa shape index (κ3) is 3.38. The van der Waals surface area contributed by atoms with Crippen molar-refractivity contribution in [2.75, 3.05) is 38.1 Å². The molecule has 1 aromatic heterocycles. The van der Waals surface area contributed by atoms with Crippen LogP contribution in [-0.2, 0) is 9.59 Å². The highest BCUT2D eigenvalue weighted by Crippen LogP contribution is 2.40. The number of amides is 2. The van der Waals surface area contributed by atoms with Gasteiger partial charge in [0.25, 0.3) is 0 Å². The molecule has 4 rings (SSSR count). The number of hydrogen-bond acceptors (Lipinski definition) is 6. The van der Waals surface area contributed by atoms with Crippen LogP contribution in [0.5, 0.6) is 17.2 Å². The molecule has 30 heavy (non-hydrogen) atoms. The van der Waals surface area contributed by atoms with Crippen LogP contribution in [0.3, 0.4) is 0 Å². The maximum atomic E-state index is 12.9. The average Bonchev–Trinajstić information content (AvgIpc) is 3.36. The van der Waals surface area contributed by atoms with E-state index in [2.05, 4.69) is 15.5 Å². The predicted molar refractivity (Wildman–Crippen MR) is 111 cm³/mol. The number of aromatic nitrogens is 2. The van der Waals surface area contributed by atoms with Crippen LogP contribution in [0.1, 0.15) is 6.42 Å². The Morgan fingerprint density at radius 2 is 1.83 bits per heavy atom. The summed E-state index contributed by atoms with van der Waals surface area (Å²) in [4.78, 5) is 27.0. The van der Waals surface area contributed by atoms with Crippen LogP contribution in [0, 0.1) is 5.92 Å². The summed E-state index contributed by atoms with van der Waals surface area (Å²) in [7, 11) is 4.52. The van der Waals surface area contributed by atoms with Crippen molar-refractivity contribution in [2.24, 2.45) is 5.92 Å². The molecule has 156 valence electrons. The molecule has 9 heteroatoms. The molecular weight excluding hydrogens is 388 g/mol. The molecule has 2 N–H and O–H groups in total. The molecule has 0 unspecified atom stereocenters. The number of aromatic amines is 1. The molecule has 1 saturated heterocycles. The van der Waals surface area contributed by atoms with E-state index >= 15 is 0 Å². The molecule has 0 saturated carbocycles. The van der Waals surface area contributed by atoms with E-state index in [4.69, 9.17) is 14.2 Å². The molecule has 3 aromatic rings. The highest BCUT2D eigenvalue weighted by molar-refractivity contribution is 6.07. The molecule has 1 aliphatic rings. The standard InChI is InChI=1S/C21H22N4O5/c1-28-16-9-13(10-17(29-2)19(16)30-3)22-21(27)12-8-18(26)25(11-12)20-14-6-4-5-7-15(14)23-24-20/h4-7,9-10,12H,8,11H2,1-3H3,(H,22,27)(H,23,24)/t12-/m1/s1. The first kappa shape index (κ1) is 19.6. The number of para-hydroxylation sites is 1. The summed E-state index contributed by atoms with van der Waals surface area (Å²) >= 11 is 0. The lowest BCUT2D eigenvalue weighted by molar-refractivity contribution is -0.122. The fourth-order valence-electron chi connectivity index (χ4n) is 3.64. The van der Waals surface area contributed by atoms with E-state index in [1.807, 2.05) is 24.3 Å². The van der Waals surface area contributed by atoms with Crippen LogP contribution in [-0.4, -0.2) is 49.9 Å². The van der Waals surface area contributed by atoms with E-state index in [9.17, 15) is 9.59 Å². The number of fused-ring (bicyclic) bond motifs is 1. The second kappa shape index (κ2) is 7.94. The third-order valence-corrected chi connectivity index (χ3v) is 5.13. The van der Waals surface area contributed by atoms with Gasteiger partial charge in [0.1, 0.15) is 0 Å². The summed E-state index contributed by atoms with van der Waals surface area (Å²) in [5, 5.41) is 10.9. The van der Waals surface area contributed by atoms with Crippen LogP contribution in [0.4, 0.5) is 11.5 Å². The minimum atomic E-state index is -0.507. The number of rotatable bonds is 6. The van der Waals surface area contributed by atoms with Crippen LogP contribution >= 0.6 is 0 Å². The summed E-state index contributed by atoms with van der Waals surface area (Å²) in [6.45, 7) is 0.254. The van der Waals surface area contributed by atoms with Crippen molar-refractivity contribution in [3.63, 3.8) is 0 Å². The Kier molecular flexibility index (Phi) is 5.18. The largest absolute Gasteiger partial charge is 0.493 e. The first-order chi connectivity index (χ1) is 14.5. The van der Waals surface area contributed by atoms with Gasteiger partial charge in [0.15, 0.2) is 17.3 Å². The Labute approximate surface area is 172 Å². The second-order valence-corrected chi connectivity index (χ2v) is 6.90. The predicted octanol–water partition coefficient (Wildman–Crippen LogP) is 2.58. The minimum Gasteiger partial charge on any atom is -0.493 e. The Bertz CT molecular complexity index is 1080. The maximum Gasteiger partial charge on any atom is 0.229 e. The molecule has 0 spiro atoms. The molecule has 0 aliphatic carbocycles. The number of H-pyrrole nitrogens is 1. The van der Waals surface area contributed by atoms with Crippen molar-refractivity contribution in [3.05, 3.63) is 36.4 Å². The van der Waals surface area contributed by atoms with Crippen LogP contribution in [0.2, 0.25) is 0 Å². The first-order valence-corrected chi connectivity index (χ1v) is 9.40. The quantitative estimate of drug-likeness (QED) is 0.647. The first-order valence-electron chi connectivity index (χ1n) is 9.40. The lowest BCUT2D eigenvalue weighted by atomic mass is 10.1. The summed E-state index contributed by atoms with van der Waals surface area (Å²) in [6.07, 6.45) is 0.109. The third-order valence-electron chi connectivity index (χ3n) is 5.13. The highest BCUT2D eigenvalue weighted by Gasteiger charge is 2.37. The molecule has 0 radical (unpaired) electrons. The Balaban J connectivity index is 1.53. The van der Waals surface area contributed by atoms with E-state index < -0.39 is 5.92 Å². The molecule has 9 nitrogen and oxygen atoms in total. The van der Waals surface area contributed by atoms with Gasteiger partial charge >= 0.3 is 0 Å². The van der Waals surface area contributed by atoms with Crippen molar-refractivity contribution in [3.8, 4) is 17.2 Å². The van der Waals surface area contributed by atoms with E-state index in [0.29, 0.717) is 28.8 Å². The number of hydrogen-bond donors (Lipinski definition) is 2. The van der Waals surface area contributed by atoms with Gasteiger partial charge in [0.2, 0.25) is 17.6 Å². The number of nitrogens with zero attached hydrogens (tertiary/aromatic N) is 2. The lowest BCUT2D eigenvalue weighted by Crippen LogP contribution is -2.28. The Hall–Kier alpha value is -3.75. The topological polar surface area (TPSA) is 106 Å². The molecule has 0 bridgehead atoms. The van der Waals surface area contributed by atoms with E-state index in [-0.39, 0.29) is 24.8 Å². The number of carbonyl (C=O) groups excluding carboxylic acids is 2. The van der Waals surface area contributed by atoms with Gasteiger partial charge in [-0.2, -0.15) is 5.10 Å². The average molecular weight is 410 g/mol. The number of methoxy groups -OCH3 is 3. The van der Waals surface area contributed by atoms with Gasteiger partial charge in [-0.3, -0.25) is 19.6 Å². The van der Waals surface area contributed by atoms with Gasteiger partial charge in [0, 0.05) is 36.2 Å². The number of ether oxygens (including phenoxy) is 3. The van der Waals surface area contributed by atoms with Crippen molar-refractivity contribution in [2.45, 2.75) is 6.42 Å². The summed E-state index contributed by atoms with van der Waals surface area (Å²) in [6, 6.07) is 10.9. The van der Waals surface area contributed by atoms with E-state index in [0.717, 1.165) is 10.9 Å². The fraction of sp³-hybridized carbons (Fsp3) is 0.286. The zero-order valence-corrected chi connectivity index (χ0v) is 16.9. The Morgan fingerprint density at radius 3 is 2.50 bits per heavy atom. The normalized spacial score (nSPS) is 16.0. The van der Waals surface area contributed by atoms with Crippen LogP contribution < -0.4 is 24.4 Å². The zero-order valence-electron chi connectivity index (χ0n) is 16.9. The van der Waals surface area contributed by atoms with Gasteiger partial charge in [-0.15, -0.1) is 0 Å². The second-order valence-electron chi connectivity index (χ2n) is 6.90. The summed E-state index contributed by atoms with van der Waals surface area (Å²) < 4.78 is 15.9. The van der Waals surface area contributed by atoms with Gasteiger partial charge in [-0.05, 0) is 12.1 Å². The van der Waals surface area contributed by atoms with Crippen LogP contribution in [0.25, 0.3) is 10.9 Å². The number of anilines is 2. The van der Waals surface area contributed by atoms with Gasteiger partial charge < -0.3 is 19.5 Å². The van der Waals surface area contributed by atoms with Crippen molar-refractivity contribution in [1.29, 1.82) is 0 Å².